The van der Waals surface area contributed by atoms with Crippen LogP contribution in [0.1, 0.15) is 51.9 Å². The maximum Gasteiger partial charge on any atom is 0.305 e. The average molecular weight is 379 g/mol. The molecule has 3 aliphatic rings. The summed E-state index contributed by atoms with van der Waals surface area (Å²) in [6.07, 6.45) is 9.65. The van der Waals surface area contributed by atoms with Crippen LogP contribution in [0.25, 0.3) is 0 Å². The summed E-state index contributed by atoms with van der Waals surface area (Å²) in [6, 6.07) is 0. The van der Waals surface area contributed by atoms with Crippen molar-refractivity contribution in [3.63, 3.8) is 0 Å². The molecule has 4 nitrogen and oxygen atoms in total. The summed E-state index contributed by atoms with van der Waals surface area (Å²) >= 11 is 0. The number of hydrogen-bond donors (Lipinski definition) is 1. The molecule has 0 amide bonds. The Morgan fingerprint density at radius 1 is 0.714 bits per heavy atom. The van der Waals surface area contributed by atoms with Crippen LogP contribution in [0.2, 0.25) is 0 Å². The standard InChI is InChI=1S/C15H32N4P.BrH/c1-2-9-16-20(17-10-3-4-11-17,18-12-5-6-13-18)19-14-7-8-15-19;/h16H,2-15H2,1H3;1H/q+1;/p-1. The molecule has 0 aliphatic carbocycles. The summed E-state index contributed by atoms with van der Waals surface area (Å²) in [5.41, 5.74) is 0. The maximum absolute atomic E-state index is 4.10. The Balaban J connectivity index is 0.00000161. The smallest absolute Gasteiger partial charge is 0.305 e. The molecule has 0 bridgehead atoms. The van der Waals surface area contributed by atoms with Crippen LogP contribution in [0.4, 0.5) is 0 Å². The van der Waals surface area contributed by atoms with Gasteiger partial charge in [-0.2, -0.15) is 0 Å². The van der Waals surface area contributed by atoms with E-state index in [4.69, 9.17) is 0 Å². The van der Waals surface area contributed by atoms with Crippen LogP contribution in [0.3, 0.4) is 0 Å². The molecule has 3 rings (SSSR count). The molecule has 0 aromatic carbocycles. The van der Waals surface area contributed by atoms with E-state index >= 15 is 0 Å². The molecule has 21 heavy (non-hydrogen) atoms. The van der Waals surface area contributed by atoms with Gasteiger partial charge in [-0.05, 0) is 44.9 Å². The van der Waals surface area contributed by atoms with Crippen molar-refractivity contribution in [1.29, 1.82) is 0 Å². The number of nitrogens with one attached hydrogen (secondary N) is 1. The van der Waals surface area contributed by atoms with E-state index in [1.54, 1.807) is 0 Å². The molecule has 124 valence electrons. The van der Waals surface area contributed by atoms with Gasteiger partial charge in [-0.1, -0.05) is 6.92 Å². The van der Waals surface area contributed by atoms with E-state index in [2.05, 4.69) is 26.0 Å². The van der Waals surface area contributed by atoms with Crippen molar-refractivity contribution in [3.8, 4) is 0 Å². The molecule has 0 aromatic rings. The van der Waals surface area contributed by atoms with Crippen LogP contribution in [-0.2, 0) is 0 Å². The first-order chi connectivity index (χ1) is 9.88. The lowest BCUT2D eigenvalue weighted by molar-refractivity contribution is -0.00000463. The van der Waals surface area contributed by atoms with Crippen molar-refractivity contribution in [2.75, 3.05) is 45.8 Å². The first kappa shape index (κ1) is 18.1. The monoisotopic (exact) mass is 378 g/mol. The van der Waals surface area contributed by atoms with Crippen molar-refractivity contribution < 1.29 is 17.0 Å². The lowest BCUT2D eigenvalue weighted by Crippen LogP contribution is -3.00. The lowest BCUT2D eigenvalue weighted by atomic mass is 10.4. The number of nitrogens with zero attached hydrogens (tertiary/aromatic N) is 3. The SMILES string of the molecule is CCCN[P+](N1CCCC1)(N1CCCC1)N1CCCC1.[Br-]. The fourth-order valence-electron chi connectivity index (χ4n) is 4.04. The Hall–Kier alpha value is 0.750. The van der Waals surface area contributed by atoms with Gasteiger partial charge in [-0.3, -0.25) is 0 Å². The van der Waals surface area contributed by atoms with Gasteiger partial charge in [-0.25, -0.2) is 0 Å². The average Bonchev–Trinajstić information content (AvgIpc) is 3.23. The van der Waals surface area contributed by atoms with E-state index in [0.29, 0.717) is 0 Å². The van der Waals surface area contributed by atoms with Crippen molar-refractivity contribution in [2.24, 2.45) is 0 Å². The second-order valence-electron chi connectivity index (χ2n) is 6.46. The molecule has 3 aliphatic heterocycles. The topological polar surface area (TPSA) is 21.8 Å². The Labute approximate surface area is 141 Å². The summed E-state index contributed by atoms with van der Waals surface area (Å²) in [5, 5.41) is 4.10. The Bertz CT molecular complexity index is 259. The van der Waals surface area contributed by atoms with Gasteiger partial charge in [0, 0.05) is 45.8 Å². The van der Waals surface area contributed by atoms with Crippen LogP contribution < -0.4 is 22.1 Å². The number of hydrogen-bond acceptors (Lipinski definition) is 4. The molecule has 0 atom stereocenters. The second-order valence-corrected chi connectivity index (χ2v) is 9.61. The fraction of sp³-hybridized carbons (Fsp3) is 1.00. The van der Waals surface area contributed by atoms with Crippen molar-refractivity contribution >= 4 is 7.87 Å². The van der Waals surface area contributed by atoms with Gasteiger partial charge in [0.1, 0.15) is 0 Å². The molecular formula is C15H32BrN4P. The highest BCUT2D eigenvalue weighted by Crippen LogP contribution is 2.66. The molecule has 1 N–H and O–H groups in total. The summed E-state index contributed by atoms with van der Waals surface area (Å²) < 4.78 is 8.58. The molecule has 0 saturated carbocycles. The molecule has 3 saturated heterocycles. The van der Waals surface area contributed by atoms with Crippen molar-refractivity contribution in [3.05, 3.63) is 0 Å². The predicted octanol–water partition coefficient (Wildman–Crippen LogP) is -0.0450. The molecule has 0 unspecified atom stereocenters. The van der Waals surface area contributed by atoms with Gasteiger partial charge in [0.15, 0.2) is 0 Å². The van der Waals surface area contributed by atoms with E-state index in [1.165, 1.54) is 90.8 Å². The molecule has 0 radical (unpaired) electrons. The molecule has 3 heterocycles. The van der Waals surface area contributed by atoms with E-state index in [1.807, 2.05) is 0 Å². The highest BCUT2D eigenvalue weighted by Gasteiger charge is 2.58. The minimum atomic E-state index is -1.41. The zero-order valence-corrected chi connectivity index (χ0v) is 16.0. The Kier molecular flexibility index (Phi) is 7.38. The zero-order chi connectivity index (χ0) is 13.8. The first-order valence-corrected chi connectivity index (χ1v) is 10.4. The molecule has 0 aromatic heterocycles. The Morgan fingerprint density at radius 3 is 1.33 bits per heavy atom. The van der Waals surface area contributed by atoms with Crippen molar-refractivity contribution in [2.45, 2.75) is 51.9 Å². The summed E-state index contributed by atoms with van der Waals surface area (Å²) in [6.45, 7) is 11.4. The van der Waals surface area contributed by atoms with E-state index < -0.39 is 7.87 Å². The maximum atomic E-state index is 4.10. The molecule has 0 spiro atoms. The largest absolute Gasteiger partial charge is 1.00 e. The highest BCUT2D eigenvalue weighted by atomic mass is 79.9. The van der Waals surface area contributed by atoms with E-state index in [0.717, 1.165) is 0 Å². The van der Waals surface area contributed by atoms with Crippen LogP contribution in [0, 0.1) is 0 Å². The fourth-order valence-corrected chi connectivity index (χ4v) is 8.76. The molecule has 6 heteroatoms. The Morgan fingerprint density at radius 2 is 1.05 bits per heavy atom. The second kappa shape index (κ2) is 8.56. The molecule has 3 fully saturated rings. The number of rotatable bonds is 6. The number of halogens is 1. The third-order valence-corrected chi connectivity index (χ3v) is 9.22. The quantitative estimate of drug-likeness (QED) is 0.654. The van der Waals surface area contributed by atoms with Crippen LogP contribution in [-0.4, -0.2) is 59.8 Å². The van der Waals surface area contributed by atoms with Crippen molar-refractivity contribution in [1.82, 2.24) is 19.1 Å². The van der Waals surface area contributed by atoms with Crippen LogP contribution in [0.15, 0.2) is 0 Å². The zero-order valence-electron chi connectivity index (χ0n) is 13.6. The van der Waals surface area contributed by atoms with Crippen LogP contribution >= 0.6 is 7.87 Å². The third kappa shape index (κ3) is 3.64. The lowest BCUT2D eigenvalue weighted by Gasteiger charge is -2.43. The van der Waals surface area contributed by atoms with Gasteiger partial charge in [-0.15, -0.1) is 19.1 Å². The summed E-state index contributed by atoms with van der Waals surface area (Å²) in [7, 11) is -1.41. The van der Waals surface area contributed by atoms with Gasteiger partial charge in [0.25, 0.3) is 0 Å². The third-order valence-electron chi connectivity index (χ3n) is 5.00. The highest BCUT2D eigenvalue weighted by molar-refractivity contribution is 7.67. The normalized spacial score (nSPS) is 25.6. The molecular weight excluding hydrogens is 347 g/mol. The van der Waals surface area contributed by atoms with Gasteiger partial charge < -0.3 is 17.0 Å². The first-order valence-electron chi connectivity index (χ1n) is 8.78. The predicted molar refractivity (Wildman–Crippen MR) is 87.6 cm³/mol. The van der Waals surface area contributed by atoms with Gasteiger partial charge in [0.2, 0.25) is 0 Å². The van der Waals surface area contributed by atoms with Gasteiger partial charge >= 0.3 is 7.87 Å². The van der Waals surface area contributed by atoms with E-state index in [9.17, 15) is 0 Å². The van der Waals surface area contributed by atoms with E-state index in [-0.39, 0.29) is 17.0 Å². The minimum absolute atomic E-state index is 0. The van der Waals surface area contributed by atoms with Gasteiger partial charge in [0.05, 0.1) is 0 Å². The minimum Gasteiger partial charge on any atom is -1.00 e. The summed E-state index contributed by atoms with van der Waals surface area (Å²) in [4.78, 5) is 0. The summed E-state index contributed by atoms with van der Waals surface area (Å²) in [5.74, 6) is 0. The van der Waals surface area contributed by atoms with Crippen LogP contribution in [0.5, 0.6) is 0 Å².